The first-order valence-corrected chi connectivity index (χ1v) is 6.89. The lowest BCUT2D eigenvalue weighted by Crippen LogP contribution is -2.38. The average molecular weight is 229 g/mol. The maximum absolute atomic E-state index is 5.57. The molecule has 0 aromatic heterocycles. The molecule has 0 atom stereocenters. The molecule has 0 radical (unpaired) electrons. The Morgan fingerprint density at radius 1 is 0.875 bits per heavy atom. The molecule has 0 rings (SSSR count). The minimum Gasteiger partial charge on any atom is -0.380 e. The SMILES string of the molecule is CCCCCCCCOCCNC(C)(C)C. The summed E-state index contributed by atoms with van der Waals surface area (Å²) in [6.45, 7) is 11.5. The van der Waals surface area contributed by atoms with E-state index in [9.17, 15) is 0 Å². The molecule has 16 heavy (non-hydrogen) atoms. The molecule has 0 aliphatic carbocycles. The number of hydrogen-bond donors (Lipinski definition) is 1. The van der Waals surface area contributed by atoms with Crippen molar-refractivity contribution in [1.82, 2.24) is 5.32 Å². The number of rotatable bonds is 10. The van der Waals surface area contributed by atoms with Crippen molar-refractivity contribution in [2.24, 2.45) is 0 Å². The number of unbranched alkanes of at least 4 members (excludes halogenated alkanes) is 5. The fourth-order valence-electron chi connectivity index (χ4n) is 1.58. The van der Waals surface area contributed by atoms with Gasteiger partial charge in [-0.25, -0.2) is 0 Å². The molecule has 0 bridgehead atoms. The highest BCUT2D eigenvalue weighted by Gasteiger charge is 2.06. The standard InChI is InChI=1S/C14H31NO/c1-5-6-7-8-9-10-12-16-13-11-15-14(2,3)4/h15H,5-13H2,1-4H3. The normalized spacial score (nSPS) is 12.0. The van der Waals surface area contributed by atoms with Crippen LogP contribution in [-0.2, 0) is 4.74 Å². The number of nitrogens with one attached hydrogen (secondary N) is 1. The molecule has 0 aliphatic heterocycles. The number of hydrogen-bond acceptors (Lipinski definition) is 2. The van der Waals surface area contributed by atoms with Crippen LogP contribution in [0.25, 0.3) is 0 Å². The van der Waals surface area contributed by atoms with Crippen molar-refractivity contribution in [1.29, 1.82) is 0 Å². The van der Waals surface area contributed by atoms with E-state index in [4.69, 9.17) is 4.74 Å². The molecule has 2 nitrogen and oxygen atoms in total. The van der Waals surface area contributed by atoms with Gasteiger partial charge in [-0.2, -0.15) is 0 Å². The highest BCUT2D eigenvalue weighted by molar-refractivity contribution is 4.69. The minimum atomic E-state index is 0.212. The van der Waals surface area contributed by atoms with Gasteiger partial charge in [0.1, 0.15) is 0 Å². The first-order chi connectivity index (χ1) is 7.56. The van der Waals surface area contributed by atoms with Crippen LogP contribution in [0.2, 0.25) is 0 Å². The zero-order valence-corrected chi connectivity index (χ0v) is 11.8. The van der Waals surface area contributed by atoms with E-state index in [1.165, 1.54) is 38.5 Å². The van der Waals surface area contributed by atoms with E-state index in [1.807, 2.05) is 0 Å². The van der Waals surface area contributed by atoms with Gasteiger partial charge in [-0.05, 0) is 27.2 Å². The van der Waals surface area contributed by atoms with Crippen LogP contribution in [-0.4, -0.2) is 25.3 Å². The summed E-state index contributed by atoms with van der Waals surface area (Å²) in [6.07, 6.45) is 8.02. The molecule has 0 amide bonds. The third-order valence-electron chi connectivity index (χ3n) is 2.54. The van der Waals surface area contributed by atoms with Crippen LogP contribution in [0.5, 0.6) is 0 Å². The molecule has 0 spiro atoms. The largest absolute Gasteiger partial charge is 0.380 e. The zero-order valence-electron chi connectivity index (χ0n) is 11.8. The molecule has 0 aromatic rings. The first kappa shape index (κ1) is 15.9. The molecular weight excluding hydrogens is 198 g/mol. The van der Waals surface area contributed by atoms with E-state index >= 15 is 0 Å². The van der Waals surface area contributed by atoms with Crippen LogP contribution in [0, 0.1) is 0 Å². The highest BCUT2D eigenvalue weighted by Crippen LogP contribution is 2.04. The summed E-state index contributed by atoms with van der Waals surface area (Å²) in [5.74, 6) is 0. The minimum absolute atomic E-state index is 0.212. The van der Waals surface area contributed by atoms with Gasteiger partial charge in [-0.1, -0.05) is 39.0 Å². The average Bonchev–Trinajstić information content (AvgIpc) is 2.19. The van der Waals surface area contributed by atoms with E-state index in [0.717, 1.165) is 19.8 Å². The van der Waals surface area contributed by atoms with Gasteiger partial charge in [0.25, 0.3) is 0 Å². The van der Waals surface area contributed by atoms with Gasteiger partial charge in [-0.3, -0.25) is 0 Å². The van der Waals surface area contributed by atoms with Crippen molar-refractivity contribution in [3.05, 3.63) is 0 Å². The second kappa shape index (κ2) is 10.1. The second-order valence-electron chi connectivity index (χ2n) is 5.56. The van der Waals surface area contributed by atoms with Crippen molar-refractivity contribution in [3.8, 4) is 0 Å². The fraction of sp³-hybridized carbons (Fsp3) is 1.00. The lowest BCUT2D eigenvalue weighted by atomic mass is 10.1. The Labute approximate surface area is 102 Å². The van der Waals surface area contributed by atoms with Gasteiger partial charge in [0, 0.05) is 18.7 Å². The van der Waals surface area contributed by atoms with Crippen LogP contribution in [0.1, 0.15) is 66.2 Å². The molecule has 0 unspecified atom stereocenters. The lowest BCUT2D eigenvalue weighted by Gasteiger charge is -2.20. The topological polar surface area (TPSA) is 21.3 Å². The fourth-order valence-corrected chi connectivity index (χ4v) is 1.58. The third kappa shape index (κ3) is 13.9. The maximum Gasteiger partial charge on any atom is 0.0591 e. The van der Waals surface area contributed by atoms with E-state index in [1.54, 1.807) is 0 Å². The van der Waals surface area contributed by atoms with E-state index in [0.29, 0.717) is 0 Å². The number of ether oxygens (including phenoxy) is 1. The van der Waals surface area contributed by atoms with Crippen LogP contribution < -0.4 is 5.32 Å². The lowest BCUT2D eigenvalue weighted by molar-refractivity contribution is 0.127. The molecule has 0 saturated carbocycles. The van der Waals surface area contributed by atoms with Crippen LogP contribution in [0.4, 0.5) is 0 Å². The van der Waals surface area contributed by atoms with Gasteiger partial charge in [0.15, 0.2) is 0 Å². The van der Waals surface area contributed by atoms with Crippen molar-refractivity contribution >= 4 is 0 Å². The predicted octanol–water partition coefficient (Wildman–Crippen LogP) is 3.75. The molecular formula is C14H31NO. The summed E-state index contributed by atoms with van der Waals surface area (Å²) < 4.78 is 5.57. The Bertz CT molecular complexity index is 140. The second-order valence-corrected chi connectivity index (χ2v) is 5.56. The smallest absolute Gasteiger partial charge is 0.0591 e. The molecule has 0 aliphatic rings. The summed E-state index contributed by atoms with van der Waals surface area (Å²) in [5, 5.41) is 3.42. The zero-order chi connectivity index (χ0) is 12.3. The highest BCUT2D eigenvalue weighted by atomic mass is 16.5. The van der Waals surface area contributed by atoms with E-state index in [-0.39, 0.29) is 5.54 Å². The Morgan fingerprint density at radius 2 is 1.50 bits per heavy atom. The molecule has 2 heteroatoms. The summed E-state index contributed by atoms with van der Waals surface area (Å²) in [4.78, 5) is 0. The summed E-state index contributed by atoms with van der Waals surface area (Å²) in [7, 11) is 0. The Morgan fingerprint density at radius 3 is 2.12 bits per heavy atom. The predicted molar refractivity (Wildman–Crippen MR) is 72.0 cm³/mol. The van der Waals surface area contributed by atoms with Crippen LogP contribution >= 0.6 is 0 Å². The van der Waals surface area contributed by atoms with E-state index in [2.05, 4.69) is 33.0 Å². The molecule has 0 heterocycles. The summed E-state index contributed by atoms with van der Waals surface area (Å²) in [6, 6.07) is 0. The third-order valence-corrected chi connectivity index (χ3v) is 2.54. The first-order valence-electron chi connectivity index (χ1n) is 6.89. The van der Waals surface area contributed by atoms with E-state index < -0.39 is 0 Å². The maximum atomic E-state index is 5.57. The Hall–Kier alpha value is -0.0800. The van der Waals surface area contributed by atoms with Gasteiger partial charge in [0.05, 0.1) is 6.61 Å². The van der Waals surface area contributed by atoms with Crippen molar-refractivity contribution in [2.45, 2.75) is 71.8 Å². The Kier molecular flexibility index (Phi) is 10.0. The molecule has 98 valence electrons. The van der Waals surface area contributed by atoms with Gasteiger partial charge in [-0.15, -0.1) is 0 Å². The molecule has 0 fully saturated rings. The monoisotopic (exact) mass is 229 g/mol. The van der Waals surface area contributed by atoms with Crippen LogP contribution in [0.15, 0.2) is 0 Å². The molecule has 1 N–H and O–H groups in total. The van der Waals surface area contributed by atoms with Gasteiger partial charge < -0.3 is 10.1 Å². The van der Waals surface area contributed by atoms with Crippen molar-refractivity contribution in [2.75, 3.05) is 19.8 Å². The van der Waals surface area contributed by atoms with Crippen LogP contribution in [0.3, 0.4) is 0 Å². The molecule has 0 aromatic carbocycles. The van der Waals surface area contributed by atoms with Gasteiger partial charge >= 0.3 is 0 Å². The summed E-state index contributed by atoms with van der Waals surface area (Å²) >= 11 is 0. The quantitative estimate of drug-likeness (QED) is 0.576. The van der Waals surface area contributed by atoms with Gasteiger partial charge in [0.2, 0.25) is 0 Å². The Balaban J connectivity index is 2.99. The van der Waals surface area contributed by atoms with Crippen molar-refractivity contribution in [3.63, 3.8) is 0 Å². The summed E-state index contributed by atoms with van der Waals surface area (Å²) in [5.41, 5.74) is 0.212. The van der Waals surface area contributed by atoms with Crippen molar-refractivity contribution < 1.29 is 4.74 Å². The molecule has 0 saturated heterocycles.